The van der Waals surface area contributed by atoms with Gasteiger partial charge in [0.1, 0.15) is 0 Å². The van der Waals surface area contributed by atoms with Crippen molar-refractivity contribution in [3.63, 3.8) is 0 Å². The molecule has 2 atom stereocenters. The highest BCUT2D eigenvalue weighted by Gasteiger charge is 2.42. The zero-order valence-corrected chi connectivity index (χ0v) is 17.0. The molecule has 5 heteroatoms. The highest BCUT2D eigenvalue weighted by molar-refractivity contribution is 6.30. The fourth-order valence-electron chi connectivity index (χ4n) is 4.18. The van der Waals surface area contributed by atoms with Crippen molar-refractivity contribution >= 4 is 34.8 Å². The van der Waals surface area contributed by atoms with Crippen LogP contribution in [0.4, 0.5) is 11.4 Å². The van der Waals surface area contributed by atoms with Gasteiger partial charge in [-0.3, -0.25) is 9.59 Å². The molecule has 0 unspecified atom stereocenters. The molecule has 2 amide bonds. The topological polar surface area (TPSA) is 40.6 Å². The molecular weight excluding hydrogens is 372 g/mol. The number of rotatable bonds is 4. The molecule has 1 aliphatic heterocycles. The van der Waals surface area contributed by atoms with Crippen LogP contribution >= 0.6 is 11.6 Å². The van der Waals surface area contributed by atoms with Gasteiger partial charge in [-0.1, -0.05) is 29.8 Å². The number of hydrogen-bond donors (Lipinski definition) is 0. The first-order chi connectivity index (χ1) is 13.5. The lowest BCUT2D eigenvalue weighted by Crippen LogP contribution is -2.47. The molecule has 1 fully saturated rings. The van der Waals surface area contributed by atoms with E-state index in [0.29, 0.717) is 18.0 Å². The SMILES string of the molecule is CCN(C(=O)[C@@H]1C[C@@H](C)N(C(=O)C2CC2)c2ccccc21)c1ccc(Cl)cc1. The fraction of sp³-hybridized carbons (Fsp3) is 0.391. The van der Waals surface area contributed by atoms with E-state index in [9.17, 15) is 9.59 Å². The summed E-state index contributed by atoms with van der Waals surface area (Å²) in [5, 5.41) is 0.651. The molecule has 0 bridgehead atoms. The molecule has 0 spiro atoms. The highest BCUT2D eigenvalue weighted by atomic mass is 35.5. The zero-order valence-electron chi connectivity index (χ0n) is 16.3. The second-order valence-corrected chi connectivity index (χ2v) is 8.17. The zero-order chi connectivity index (χ0) is 19.8. The molecule has 146 valence electrons. The Bertz CT molecular complexity index is 892. The van der Waals surface area contributed by atoms with Crippen LogP contribution in [0.25, 0.3) is 0 Å². The molecule has 0 N–H and O–H groups in total. The van der Waals surface area contributed by atoms with Crippen molar-refractivity contribution < 1.29 is 9.59 Å². The first kappa shape index (κ1) is 19.0. The smallest absolute Gasteiger partial charge is 0.234 e. The molecule has 1 heterocycles. The molecule has 4 nitrogen and oxygen atoms in total. The number of fused-ring (bicyclic) bond motifs is 1. The number of halogens is 1. The molecule has 2 aliphatic rings. The number of carbonyl (C=O) groups is 2. The van der Waals surface area contributed by atoms with E-state index in [1.54, 1.807) is 12.1 Å². The van der Waals surface area contributed by atoms with Gasteiger partial charge in [0.15, 0.2) is 0 Å². The second kappa shape index (κ2) is 7.59. The van der Waals surface area contributed by atoms with Crippen LogP contribution in [0.3, 0.4) is 0 Å². The predicted octanol–water partition coefficient (Wildman–Crippen LogP) is 5.01. The minimum absolute atomic E-state index is 0.000809. The third-order valence-corrected chi connectivity index (χ3v) is 6.02. The van der Waals surface area contributed by atoms with E-state index >= 15 is 0 Å². The van der Waals surface area contributed by atoms with E-state index < -0.39 is 0 Å². The van der Waals surface area contributed by atoms with E-state index in [1.165, 1.54) is 0 Å². The molecule has 0 saturated heterocycles. The second-order valence-electron chi connectivity index (χ2n) is 7.74. The van der Waals surface area contributed by atoms with Crippen LogP contribution in [0.5, 0.6) is 0 Å². The van der Waals surface area contributed by atoms with Crippen LogP contribution in [0.1, 0.15) is 44.6 Å². The summed E-state index contributed by atoms with van der Waals surface area (Å²) < 4.78 is 0. The molecule has 1 saturated carbocycles. The number of nitrogens with zero attached hydrogens (tertiary/aromatic N) is 2. The monoisotopic (exact) mass is 396 g/mol. The largest absolute Gasteiger partial charge is 0.312 e. The van der Waals surface area contributed by atoms with Crippen LogP contribution in [-0.4, -0.2) is 24.4 Å². The highest BCUT2D eigenvalue weighted by Crippen LogP contribution is 2.43. The van der Waals surface area contributed by atoms with Crippen molar-refractivity contribution in [3.8, 4) is 0 Å². The summed E-state index contributed by atoms with van der Waals surface area (Å²) in [6.07, 6.45) is 2.60. The summed E-state index contributed by atoms with van der Waals surface area (Å²) in [5.41, 5.74) is 2.69. The lowest BCUT2D eigenvalue weighted by atomic mass is 9.84. The third-order valence-electron chi connectivity index (χ3n) is 5.77. The summed E-state index contributed by atoms with van der Waals surface area (Å²) in [6, 6.07) is 15.2. The number of benzene rings is 2. The molecule has 0 radical (unpaired) electrons. The first-order valence-corrected chi connectivity index (χ1v) is 10.4. The van der Waals surface area contributed by atoms with Gasteiger partial charge in [-0.2, -0.15) is 0 Å². The van der Waals surface area contributed by atoms with E-state index in [-0.39, 0.29) is 29.7 Å². The lowest BCUT2D eigenvalue weighted by molar-refractivity contribution is -0.122. The summed E-state index contributed by atoms with van der Waals surface area (Å²) in [4.78, 5) is 30.1. The van der Waals surface area contributed by atoms with Crippen molar-refractivity contribution in [1.29, 1.82) is 0 Å². The standard InChI is InChI=1S/C23H25ClN2O2/c1-3-25(18-12-10-17(24)11-13-18)23(28)20-14-15(2)26(22(27)16-8-9-16)21-7-5-4-6-19(20)21/h4-7,10-13,15-16,20H,3,8-9,14H2,1-2H3/t15-,20-/m1/s1. The Morgan fingerprint density at radius 3 is 2.43 bits per heavy atom. The normalized spacial score (nSPS) is 21.2. The van der Waals surface area contributed by atoms with Crippen LogP contribution < -0.4 is 9.80 Å². The number of likely N-dealkylation sites (N-methyl/N-ethyl adjacent to an activating group) is 1. The van der Waals surface area contributed by atoms with Gasteiger partial charge in [-0.25, -0.2) is 0 Å². The van der Waals surface area contributed by atoms with Gasteiger partial charge in [0.05, 0.1) is 5.92 Å². The van der Waals surface area contributed by atoms with E-state index in [2.05, 4.69) is 6.92 Å². The minimum Gasteiger partial charge on any atom is -0.312 e. The molecule has 2 aromatic rings. The predicted molar refractivity (Wildman–Crippen MR) is 113 cm³/mol. The fourth-order valence-corrected chi connectivity index (χ4v) is 4.31. The average molecular weight is 397 g/mol. The van der Waals surface area contributed by atoms with Crippen molar-refractivity contribution in [2.45, 2.75) is 45.1 Å². The first-order valence-electron chi connectivity index (χ1n) is 10.00. The van der Waals surface area contributed by atoms with E-state index in [0.717, 1.165) is 29.8 Å². The van der Waals surface area contributed by atoms with Crippen molar-refractivity contribution in [2.24, 2.45) is 5.92 Å². The van der Waals surface area contributed by atoms with Gasteiger partial charge < -0.3 is 9.80 Å². The van der Waals surface area contributed by atoms with Gasteiger partial charge in [0.25, 0.3) is 0 Å². The van der Waals surface area contributed by atoms with Crippen LogP contribution in [-0.2, 0) is 9.59 Å². The lowest BCUT2D eigenvalue weighted by Gasteiger charge is -2.40. The summed E-state index contributed by atoms with van der Waals surface area (Å²) in [5.74, 6) is 0.174. The van der Waals surface area contributed by atoms with E-state index in [1.807, 2.05) is 53.1 Å². The maximum absolute atomic E-state index is 13.5. The molecule has 2 aromatic carbocycles. The number of para-hydroxylation sites is 1. The van der Waals surface area contributed by atoms with Crippen molar-refractivity contribution in [2.75, 3.05) is 16.3 Å². The van der Waals surface area contributed by atoms with Gasteiger partial charge in [0, 0.05) is 34.9 Å². The Hall–Kier alpha value is -2.33. The van der Waals surface area contributed by atoms with Crippen LogP contribution in [0.2, 0.25) is 5.02 Å². The summed E-state index contributed by atoms with van der Waals surface area (Å²) in [6.45, 7) is 4.61. The quantitative estimate of drug-likeness (QED) is 0.728. The van der Waals surface area contributed by atoms with Gasteiger partial charge in [0.2, 0.25) is 11.8 Å². The molecule has 0 aromatic heterocycles. The Morgan fingerprint density at radius 2 is 1.79 bits per heavy atom. The van der Waals surface area contributed by atoms with Crippen molar-refractivity contribution in [3.05, 3.63) is 59.1 Å². The third kappa shape index (κ3) is 3.42. The maximum atomic E-state index is 13.5. The minimum atomic E-state index is -0.259. The molecule has 4 rings (SSSR count). The van der Waals surface area contributed by atoms with E-state index in [4.69, 9.17) is 11.6 Å². The van der Waals surface area contributed by atoms with Gasteiger partial charge in [-0.05, 0) is 69.0 Å². The number of anilines is 2. The van der Waals surface area contributed by atoms with Crippen LogP contribution in [0.15, 0.2) is 48.5 Å². The summed E-state index contributed by atoms with van der Waals surface area (Å²) >= 11 is 6.01. The van der Waals surface area contributed by atoms with Gasteiger partial charge >= 0.3 is 0 Å². The Kier molecular flexibility index (Phi) is 5.15. The maximum Gasteiger partial charge on any atom is 0.234 e. The van der Waals surface area contributed by atoms with Crippen molar-refractivity contribution in [1.82, 2.24) is 0 Å². The Balaban J connectivity index is 1.68. The average Bonchev–Trinajstić information content (AvgIpc) is 3.54. The van der Waals surface area contributed by atoms with Crippen LogP contribution in [0, 0.1) is 5.92 Å². The molecular formula is C23H25ClN2O2. The molecule has 28 heavy (non-hydrogen) atoms. The number of amides is 2. The number of hydrogen-bond acceptors (Lipinski definition) is 2. The summed E-state index contributed by atoms with van der Waals surface area (Å²) in [7, 11) is 0. The van der Waals surface area contributed by atoms with Gasteiger partial charge in [-0.15, -0.1) is 0 Å². The Morgan fingerprint density at radius 1 is 1.11 bits per heavy atom. The molecule has 1 aliphatic carbocycles. The Labute approximate surface area is 171 Å². The number of carbonyl (C=O) groups excluding carboxylic acids is 2.